The van der Waals surface area contributed by atoms with Gasteiger partial charge in [0.2, 0.25) is 5.91 Å². The molecule has 1 atom stereocenters. The monoisotopic (exact) mass is 397 g/mol. The Morgan fingerprint density at radius 1 is 1.19 bits per heavy atom. The number of thiol groups is 1. The first-order chi connectivity index (χ1) is 12.8. The van der Waals surface area contributed by atoms with Crippen molar-refractivity contribution in [3.05, 3.63) is 29.6 Å². The number of nitrogens with one attached hydrogen (secondary N) is 1. The van der Waals surface area contributed by atoms with Crippen molar-refractivity contribution in [2.45, 2.75) is 71.8 Å². The first kappa shape index (κ1) is 25.4. The average Bonchev–Trinajstić information content (AvgIpc) is 2.62. The largest absolute Gasteiger partial charge is 0.469 e. The SMILES string of the molecule is CC(C)C.COC(=O)CCCCCc1ccc(C(CCC(N)=O)NS)nc1. The fourth-order valence-electron chi connectivity index (χ4n) is 2.23. The number of aromatic nitrogens is 1. The first-order valence-corrected chi connectivity index (χ1v) is 9.94. The van der Waals surface area contributed by atoms with Crippen LogP contribution in [0.15, 0.2) is 18.3 Å². The zero-order valence-corrected chi connectivity index (χ0v) is 17.9. The van der Waals surface area contributed by atoms with E-state index in [0.717, 1.165) is 42.9 Å². The average molecular weight is 398 g/mol. The number of esters is 1. The minimum Gasteiger partial charge on any atom is -0.469 e. The predicted octanol–water partition coefficient (Wildman–Crippen LogP) is 3.76. The molecule has 0 radical (unpaired) electrons. The lowest BCUT2D eigenvalue weighted by Crippen LogP contribution is -2.18. The van der Waals surface area contributed by atoms with E-state index >= 15 is 0 Å². The van der Waals surface area contributed by atoms with Crippen LogP contribution < -0.4 is 10.5 Å². The lowest BCUT2D eigenvalue weighted by Gasteiger charge is -2.14. The van der Waals surface area contributed by atoms with Gasteiger partial charge in [-0.25, -0.2) is 0 Å². The summed E-state index contributed by atoms with van der Waals surface area (Å²) in [7, 11) is 1.41. The van der Waals surface area contributed by atoms with Crippen LogP contribution in [-0.4, -0.2) is 24.0 Å². The van der Waals surface area contributed by atoms with Gasteiger partial charge < -0.3 is 10.5 Å². The van der Waals surface area contributed by atoms with Crippen molar-refractivity contribution in [2.24, 2.45) is 11.7 Å². The van der Waals surface area contributed by atoms with Crippen molar-refractivity contribution in [1.82, 2.24) is 9.71 Å². The van der Waals surface area contributed by atoms with Crippen LogP contribution in [0.2, 0.25) is 0 Å². The number of nitrogens with two attached hydrogens (primary N) is 1. The molecule has 6 nitrogen and oxygen atoms in total. The third kappa shape index (κ3) is 14.2. The maximum atomic E-state index is 11.0. The molecule has 3 N–H and O–H groups in total. The minimum atomic E-state index is -0.331. The van der Waals surface area contributed by atoms with Crippen LogP contribution in [0, 0.1) is 5.92 Å². The molecule has 0 saturated heterocycles. The van der Waals surface area contributed by atoms with Gasteiger partial charge in [0.05, 0.1) is 18.8 Å². The van der Waals surface area contributed by atoms with E-state index < -0.39 is 0 Å². The fourth-order valence-corrected chi connectivity index (χ4v) is 2.49. The number of hydrogen-bond acceptors (Lipinski definition) is 6. The number of methoxy groups -OCH3 is 1. The van der Waals surface area contributed by atoms with Crippen LogP contribution in [0.4, 0.5) is 0 Å². The highest BCUT2D eigenvalue weighted by molar-refractivity contribution is 7.78. The fraction of sp³-hybridized carbons (Fsp3) is 0.650. The van der Waals surface area contributed by atoms with Gasteiger partial charge in [0.25, 0.3) is 0 Å². The van der Waals surface area contributed by atoms with Crippen LogP contribution in [0.1, 0.15) is 76.6 Å². The lowest BCUT2D eigenvalue weighted by molar-refractivity contribution is -0.140. The van der Waals surface area contributed by atoms with E-state index in [-0.39, 0.29) is 17.9 Å². The molecule has 154 valence electrons. The Morgan fingerprint density at radius 3 is 2.33 bits per heavy atom. The van der Waals surface area contributed by atoms with Crippen LogP contribution in [0.3, 0.4) is 0 Å². The van der Waals surface area contributed by atoms with E-state index in [1.54, 1.807) is 0 Å². The van der Waals surface area contributed by atoms with Gasteiger partial charge in [0, 0.05) is 19.0 Å². The Balaban J connectivity index is 0.00000153. The number of carbonyl (C=O) groups is 2. The Hall–Kier alpha value is -1.60. The van der Waals surface area contributed by atoms with Crippen molar-refractivity contribution in [3.8, 4) is 0 Å². The third-order valence-electron chi connectivity index (χ3n) is 3.61. The third-order valence-corrected chi connectivity index (χ3v) is 3.93. The van der Waals surface area contributed by atoms with Gasteiger partial charge in [-0.2, -0.15) is 0 Å². The molecule has 27 heavy (non-hydrogen) atoms. The second kappa shape index (κ2) is 15.5. The van der Waals surface area contributed by atoms with Crippen LogP contribution in [-0.2, 0) is 20.7 Å². The summed E-state index contributed by atoms with van der Waals surface area (Å²) in [5.41, 5.74) is 7.16. The number of amides is 1. The van der Waals surface area contributed by atoms with Gasteiger partial charge in [-0.15, -0.1) is 0 Å². The maximum Gasteiger partial charge on any atom is 0.305 e. The highest BCUT2D eigenvalue weighted by Gasteiger charge is 2.12. The van der Waals surface area contributed by atoms with Gasteiger partial charge in [-0.1, -0.05) is 46.1 Å². The van der Waals surface area contributed by atoms with E-state index in [9.17, 15) is 9.59 Å². The summed E-state index contributed by atoms with van der Waals surface area (Å²) in [6.07, 6.45) is 6.94. The van der Waals surface area contributed by atoms with E-state index in [1.807, 2.05) is 18.3 Å². The second-order valence-electron chi connectivity index (χ2n) is 7.15. The molecular weight excluding hydrogens is 362 g/mol. The Morgan fingerprint density at radius 2 is 1.85 bits per heavy atom. The second-order valence-corrected chi connectivity index (χ2v) is 7.41. The van der Waals surface area contributed by atoms with Crippen molar-refractivity contribution in [3.63, 3.8) is 0 Å². The summed E-state index contributed by atoms with van der Waals surface area (Å²) in [5.74, 6) is 0.347. The number of primary amides is 1. The molecule has 0 aliphatic rings. The number of aryl methyl sites for hydroxylation is 1. The smallest absolute Gasteiger partial charge is 0.305 e. The molecule has 1 heterocycles. The van der Waals surface area contributed by atoms with E-state index in [1.165, 1.54) is 7.11 Å². The van der Waals surface area contributed by atoms with Gasteiger partial charge in [-0.3, -0.25) is 19.3 Å². The number of unbranched alkanes of at least 4 members (excludes halogenated alkanes) is 2. The van der Waals surface area contributed by atoms with Gasteiger partial charge in [0.15, 0.2) is 0 Å². The molecule has 0 fully saturated rings. The molecule has 1 aromatic rings. The normalized spacial score (nSPS) is 11.5. The molecule has 1 unspecified atom stereocenters. The van der Waals surface area contributed by atoms with Crippen molar-refractivity contribution in [1.29, 1.82) is 0 Å². The van der Waals surface area contributed by atoms with Gasteiger partial charge in [0.1, 0.15) is 0 Å². The molecule has 0 aliphatic heterocycles. The standard InChI is InChI=1S/C16H25N3O3S.C4H10/c1-22-16(21)6-4-2-3-5-12-7-8-13(18-11-12)14(19-23)9-10-15(17)20;1-4(2)3/h7-8,11,14,19,23H,2-6,9-10H2,1H3,(H2,17,20);4H,1-3H3. The van der Waals surface area contributed by atoms with Crippen molar-refractivity contribution < 1.29 is 14.3 Å². The summed E-state index contributed by atoms with van der Waals surface area (Å²) in [6.45, 7) is 6.50. The lowest BCUT2D eigenvalue weighted by atomic mass is 10.0. The van der Waals surface area contributed by atoms with Gasteiger partial charge in [-0.05, 0) is 43.2 Å². The molecule has 0 aromatic carbocycles. The topological polar surface area (TPSA) is 94.3 Å². The number of pyridine rings is 1. The van der Waals surface area contributed by atoms with E-state index in [2.05, 4.69) is 48.0 Å². The summed E-state index contributed by atoms with van der Waals surface area (Å²) in [5, 5.41) is 0. The van der Waals surface area contributed by atoms with Crippen molar-refractivity contribution >= 4 is 24.7 Å². The zero-order chi connectivity index (χ0) is 20.7. The van der Waals surface area contributed by atoms with Gasteiger partial charge >= 0.3 is 5.97 Å². The van der Waals surface area contributed by atoms with E-state index in [4.69, 9.17) is 5.73 Å². The maximum absolute atomic E-state index is 11.0. The molecule has 1 rings (SSSR count). The molecule has 1 amide bonds. The summed E-state index contributed by atoms with van der Waals surface area (Å²) in [6, 6.07) is 3.88. The predicted molar refractivity (Wildman–Crippen MR) is 112 cm³/mol. The highest BCUT2D eigenvalue weighted by Crippen LogP contribution is 2.18. The first-order valence-electron chi connectivity index (χ1n) is 9.49. The number of carbonyl (C=O) groups excluding carboxylic acids is 2. The molecule has 0 saturated carbocycles. The number of rotatable bonds is 11. The summed E-state index contributed by atoms with van der Waals surface area (Å²) in [4.78, 5) is 26.3. The zero-order valence-electron chi connectivity index (χ0n) is 17.0. The number of hydrogen-bond donors (Lipinski definition) is 3. The molecule has 0 bridgehead atoms. The molecule has 0 aliphatic carbocycles. The molecule has 0 spiro atoms. The highest BCUT2D eigenvalue weighted by atomic mass is 32.1. The molecular formula is C20H35N3O3S. The quantitative estimate of drug-likeness (QED) is 0.300. The van der Waals surface area contributed by atoms with Crippen molar-refractivity contribution in [2.75, 3.05) is 7.11 Å². The Bertz CT molecular complexity index is 533. The summed E-state index contributed by atoms with van der Waals surface area (Å²) < 4.78 is 7.46. The number of nitrogens with zero attached hydrogens (tertiary/aromatic N) is 1. The Labute approximate surface area is 169 Å². The van der Waals surface area contributed by atoms with Crippen LogP contribution in [0.25, 0.3) is 0 Å². The Kier molecular flexibility index (Phi) is 14.5. The molecule has 7 heteroatoms. The van der Waals surface area contributed by atoms with Crippen LogP contribution in [0.5, 0.6) is 0 Å². The van der Waals surface area contributed by atoms with Crippen LogP contribution >= 0.6 is 12.8 Å². The number of ether oxygens (including phenoxy) is 1. The molecule has 1 aromatic heterocycles. The summed E-state index contributed by atoms with van der Waals surface area (Å²) >= 11 is 4.08. The minimum absolute atomic E-state index is 0.0973. The van der Waals surface area contributed by atoms with E-state index in [0.29, 0.717) is 19.3 Å².